The number of likely N-dealkylation sites (N-methyl/N-ethyl adjacent to an activating group) is 1. The van der Waals surface area contributed by atoms with Crippen molar-refractivity contribution in [3.8, 4) is 0 Å². The predicted octanol–water partition coefficient (Wildman–Crippen LogP) is 3.71. The molecule has 0 radical (unpaired) electrons. The number of carbonyl (C=O) groups is 2. The first-order valence-electron chi connectivity index (χ1n) is 10.8. The highest BCUT2D eigenvalue weighted by Crippen LogP contribution is 2.25. The third-order valence-electron chi connectivity index (χ3n) is 5.93. The van der Waals surface area contributed by atoms with E-state index >= 15 is 0 Å². The summed E-state index contributed by atoms with van der Waals surface area (Å²) < 4.78 is 5.29. The van der Waals surface area contributed by atoms with Crippen molar-refractivity contribution in [3.05, 3.63) is 70.9 Å². The minimum atomic E-state index is -0.0471. The number of aryl methyl sites for hydroxylation is 1. The Labute approximate surface area is 182 Å². The molecule has 6 heteroatoms. The normalized spacial score (nSPS) is 13.7. The minimum Gasteiger partial charge on any atom is -0.380 e. The first-order chi connectivity index (χ1) is 15.1. The second-order valence-electron chi connectivity index (χ2n) is 8.21. The van der Waals surface area contributed by atoms with E-state index in [-0.39, 0.29) is 5.91 Å². The number of carbonyl (C=O) groups excluding carboxylic acids is 2. The van der Waals surface area contributed by atoms with Gasteiger partial charge in [0.15, 0.2) is 0 Å². The standard InChI is InChI=1S/C25H29N3O3/c1-3-28(25(30)24-13-21-11-18(2)7-8-23(21)26-24)10-9-27(17-29)14-19-5-4-6-20(12-19)22-15-31-16-22/h4-8,11-13,17,22,26H,3,9-10,14-16H2,1-2H3. The van der Waals surface area contributed by atoms with Crippen molar-refractivity contribution in [1.82, 2.24) is 14.8 Å². The Bertz CT molecular complexity index is 1070. The van der Waals surface area contributed by atoms with Crippen LogP contribution in [0.1, 0.15) is 40.0 Å². The number of rotatable bonds is 9. The summed E-state index contributed by atoms with van der Waals surface area (Å²) in [5.74, 6) is 0.409. The molecule has 4 rings (SSSR count). The van der Waals surface area contributed by atoms with Gasteiger partial charge in [-0.1, -0.05) is 35.9 Å². The second-order valence-corrected chi connectivity index (χ2v) is 8.21. The van der Waals surface area contributed by atoms with Crippen LogP contribution in [0.5, 0.6) is 0 Å². The Balaban J connectivity index is 1.39. The van der Waals surface area contributed by atoms with Crippen molar-refractivity contribution < 1.29 is 14.3 Å². The molecule has 31 heavy (non-hydrogen) atoms. The van der Waals surface area contributed by atoms with E-state index in [9.17, 15) is 9.59 Å². The average Bonchev–Trinajstić information content (AvgIpc) is 3.15. The van der Waals surface area contributed by atoms with Crippen molar-refractivity contribution >= 4 is 23.2 Å². The molecule has 2 amide bonds. The number of hydrogen-bond donors (Lipinski definition) is 1. The zero-order chi connectivity index (χ0) is 21.8. The van der Waals surface area contributed by atoms with Gasteiger partial charge in [0, 0.05) is 43.0 Å². The summed E-state index contributed by atoms with van der Waals surface area (Å²) >= 11 is 0. The molecule has 0 saturated carbocycles. The lowest BCUT2D eigenvalue weighted by atomic mass is 9.96. The molecule has 0 bridgehead atoms. The zero-order valence-electron chi connectivity index (χ0n) is 18.1. The molecule has 1 aromatic heterocycles. The van der Waals surface area contributed by atoms with Crippen LogP contribution in [0.25, 0.3) is 10.9 Å². The molecule has 6 nitrogen and oxygen atoms in total. The molecule has 0 unspecified atom stereocenters. The molecule has 1 saturated heterocycles. The fraction of sp³-hybridized carbons (Fsp3) is 0.360. The highest BCUT2D eigenvalue weighted by molar-refractivity contribution is 5.98. The molecule has 3 aromatic rings. The van der Waals surface area contributed by atoms with Crippen LogP contribution in [0.3, 0.4) is 0 Å². The van der Waals surface area contributed by atoms with Crippen molar-refractivity contribution in [1.29, 1.82) is 0 Å². The maximum Gasteiger partial charge on any atom is 0.270 e. The Morgan fingerprint density at radius 3 is 2.71 bits per heavy atom. The van der Waals surface area contributed by atoms with Gasteiger partial charge in [-0.05, 0) is 43.2 Å². The number of fused-ring (bicyclic) bond motifs is 1. The number of hydrogen-bond acceptors (Lipinski definition) is 3. The number of aromatic nitrogens is 1. The van der Waals surface area contributed by atoms with E-state index in [1.165, 1.54) is 5.56 Å². The number of benzene rings is 2. The molecule has 1 fully saturated rings. The SMILES string of the molecule is CCN(CCN(C=O)Cc1cccc(C2COC2)c1)C(=O)c1cc2cc(C)ccc2[nH]1. The van der Waals surface area contributed by atoms with Gasteiger partial charge in [-0.3, -0.25) is 9.59 Å². The average molecular weight is 420 g/mol. The molecule has 2 aromatic carbocycles. The molecule has 162 valence electrons. The fourth-order valence-electron chi connectivity index (χ4n) is 3.97. The Kier molecular flexibility index (Phi) is 6.37. The maximum absolute atomic E-state index is 13.0. The molecule has 1 aliphatic rings. The second kappa shape index (κ2) is 9.35. The van der Waals surface area contributed by atoms with Crippen molar-refractivity contribution in [2.75, 3.05) is 32.8 Å². The van der Waals surface area contributed by atoms with Crippen LogP contribution in [-0.4, -0.2) is 59.9 Å². The van der Waals surface area contributed by atoms with Crippen LogP contribution >= 0.6 is 0 Å². The van der Waals surface area contributed by atoms with Crippen LogP contribution in [0, 0.1) is 6.92 Å². The molecule has 1 N–H and O–H groups in total. The maximum atomic E-state index is 13.0. The summed E-state index contributed by atoms with van der Waals surface area (Å²) in [6, 6.07) is 16.3. The molecule has 2 heterocycles. The smallest absolute Gasteiger partial charge is 0.270 e. The van der Waals surface area contributed by atoms with Gasteiger partial charge in [0.1, 0.15) is 5.69 Å². The topological polar surface area (TPSA) is 65.6 Å². The lowest BCUT2D eigenvalue weighted by Crippen LogP contribution is -2.38. The van der Waals surface area contributed by atoms with Crippen LogP contribution in [-0.2, 0) is 16.1 Å². The van der Waals surface area contributed by atoms with Crippen molar-refractivity contribution in [2.24, 2.45) is 0 Å². The third-order valence-corrected chi connectivity index (χ3v) is 5.93. The van der Waals surface area contributed by atoms with Crippen LogP contribution in [0.15, 0.2) is 48.5 Å². The van der Waals surface area contributed by atoms with Gasteiger partial charge in [-0.2, -0.15) is 0 Å². The van der Waals surface area contributed by atoms with E-state index < -0.39 is 0 Å². The quantitative estimate of drug-likeness (QED) is 0.538. The number of ether oxygens (including phenoxy) is 1. The predicted molar refractivity (Wildman–Crippen MR) is 121 cm³/mol. The van der Waals surface area contributed by atoms with E-state index in [4.69, 9.17) is 4.74 Å². The van der Waals surface area contributed by atoms with Gasteiger partial charge in [0.05, 0.1) is 13.2 Å². The van der Waals surface area contributed by atoms with Gasteiger partial charge in [-0.25, -0.2) is 0 Å². The minimum absolute atomic E-state index is 0.0471. The summed E-state index contributed by atoms with van der Waals surface area (Å²) in [5, 5.41) is 1.03. The Morgan fingerprint density at radius 2 is 2.00 bits per heavy atom. The largest absolute Gasteiger partial charge is 0.380 e. The molecule has 1 aliphatic heterocycles. The molecule has 0 atom stereocenters. The van der Waals surface area contributed by atoms with Crippen molar-refractivity contribution in [2.45, 2.75) is 26.3 Å². The van der Waals surface area contributed by atoms with E-state index in [0.29, 0.717) is 37.8 Å². The van der Waals surface area contributed by atoms with Gasteiger partial charge in [0.2, 0.25) is 6.41 Å². The van der Waals surface area contributed by atoms with Gasteiger partial charge >= 0.3 is 0 Å². The monoisotopic (exact) mass is 419 g/mol. The summed E-state index contributed by atoms with van der Waals surface area (Å²) in [6.07, 6.45) is 0.864. The lowest BCUT2D eigenvalue weighted by Gasteiger charge is -2.27. The van der Waals surface area contributed by atoms with Gasteiger partial charge in [0.25, 0.3) is 5.91 Å². The zero-order valence-corrected chi connectivity index (χ0v) is 18.1. The van der Waals surface area contributed by atoms with Crippen LogP contribution < -0.4 is 0 Å². The van der Waals surface area contributed by atoms with Crippen LogP contribution in [0.4, 0.5) is 0 Å². The number of amides is 2. The fourth-order valence-corrected chi connectivity index (χ4v) is 3.97. The summed E-state index contributed by atoms with van der Waals surface area (Å²) in [5.41, 5.74) is 5.05. The first-order valence-corrected chi connectivity index (χ1v) is 10.8. The van der Waals surface area contributed by atoms with E-state index in [0.717, 1.165) is 41.7 Å². The number of nitrogens with one attached hydrogen (secondary N) is 1. The van der Waals surface area contributed by atoms with Crippen molar-refractivity contribution in [3.63, 3.8) is 0 Å². The number of H-pyrrole nitrogens is 1. The van der Waals surface area contributed by atoms with E-state index in [2.05, 4.69) is 23.2 Å². The molecular formula is C25H29N3O3. The Hall–Kier alpha value is -3.12. The highest BCUT2D eigenvalue weighted by atomic mass is 16.5. The lowest BCUT2D eigenvalue weighted by molar-refractivity contribution is -0.118. The van der Waals surface area contributed by atoms with E-state index in [1.54, 1.807) is 9.80 Å². The Morgan fingerprint density at radius 1 is 1.16 bits per heavy atom. The van der Waals surface area contributed by atoms with Gasteiger partial charge < -0.3 is 19.5 Å². The van der Waals surface area contributed by atoms with Gasteiger partial charge in [-0.15, -0.1) is 0 Å². The first kappa shape index (κ1) is 21.1. The molecule has 0 spiro atoms. The summed E-state index contributed by atoms with van der Waals surface area (Å²) in [4.78, 5) is 31.4. The van der Waals surface area contributed by atoms with Crippen LogP contribution in [0.2, 0.25) is 0 Å². The third kappa shape index (κ3) is 4.80. The highest BCUT2D eigenvalue weighted by Gasteiger charge is 2.21. The van der Waals surface area contributed by atoms with E-state index in [1.807, 2.05) is 44.2 Å². The summed E-state index contributed by atoms with van der Waals surface area (Å²) in [7, 11) is 0. The molecular weight excluding hydrogens is 390 g/mol. The number of aromatic amines is 1. The number of nitrogens with zero attached hydrogens (tertiary/aromatic N) is 2. The summed E-state index contributed by atoms with van der Waals surface area (Å²) in [6.45, 7) is 7.61. The molecule has 0 aliphatic carbocycles.